The van der Waals surface area contributed by atoms with Gasteiger partial charge in [-0.1, -0.05) is 0 Å². The quantitative estimate of drug-likeness (QED) is 0.145. The topological polar surface area (TPSA) is 34.1 Å². The summed E-state index contributed by atoms with van der Waals surface area (Å²) in [6, 6.07) is 0. The van der Waals surface area contributed by atoms with Crippen LogP contribution >= 0.6 is 10.7 Å². The summed E-state index contributed by atoms with van der Waals surface area (Å²) >= 11 is 0. The van der Waals surface area contributed by atoms with Crippen molar-refractivity contribution in [3.63, 3.8) is 0 Å². The molecule has 0 radical (unpaired) electrons. The fourth-order valence-corrected chi connectivity index (χ4v) is 3.89. The molecule has 1 unspecified atom stereocenters. The van der Waals surface area contributed by atoms with Crippen LogP contribution in [-0.2, 0) is 9.05 Å². The second-order valence-corrected chi connectivity index (χ2v) is 11.0. The van der Waals surface area contributed by atoms with E-state index in [0.29, 0.717) is 0 Å². The fraction of sp³-hybridized carbons (Fsp3) is 1.00. The summed E-state index contributed by atoms with van der Waals surface area (Å²) in [4.78, 5) is 0. The van der Waals surface area contributed by atoms with Gasteiger partial charge in [-0.05, 0) is 0 Å². The third kappa shape index (κ3) is 5.11. The highest BCUT2D eigenvalue weighted by Gasteiger charge is 3.01. The first-order valence-electron chi connectivity index (χ1n) is 9.42. The number of rotatable bonds is 12. The maximum atomic E-state index is 13.8. The maximum absolute atomic E-state index is 13.8. The summed E-state index contributed by atoms with van der Waals surface area (Å²) in [5, 5.41) is -8.64. The van der Waals surface area contributed by atoms with Crippen LogP contribution in [0.1, 0.15) is 0 Å². The maximum Gasteiger partial charge on any atom is 0.460 e. The highest BCUT2D eigenvalue weighted by atomic mass is 35.7. The van der Waals surface area contributed by atoms with E-state index in [2.05, 4.69) is 10.7 Å². The molecule has 0 spiro atoms. The Bertz CT molecular complexity index is 1290. The van der Waals surface area contributed by atoms with E-state index in [9.17, 15) is 136 Å². The number of hydrogen-bond acceptors (Lipinski definition) is 2. The number of alkyl halides is 29. The van der Waals surface area contributed by atoms with Crippen LogP contribution < -0.4 is 0 Å². The Kier molecular flexibility index (Phi) is 10.2. The molecule has 47 heavy (non-hydrogen) atoms. The predicted octanol–water partition coefficient (Wildman–Crippen LogP) is 9.33. The summed E-state index contributed by atoms with van der Waals surface area (Å²) in [5.41, 5.74) is 0. The fourth-order valence-electron chi connectivity index (χ4n) is 2.62. The van der Waals surface area contributed by atoms with Crippen molar-refractivity contribution in [3.05, 3.63) is 0 Å². The highest BCUT2D eigenvalue weighted by molar-refractivity contribution is 8.14. The van der Waals surface area contributed by atoms with Gasteiger partial charge >= 0.3 is 82.5 Å². The lowest BCUT2D eigenvalue weighted by Gasteiger charge is -2.46. The molecule has 0 fully saturated rings. The van der Waals surface area contributed by atoms with Crippen LogP contribution in [0.25, 0.3) is 0 Å². The molecule has 284 valence electrons. The lowest BCUT2D eigenvalue weighted by Crippen LogP contribution is -2.79. The Morgan fingerprint density at radius 2 is 0.404 bits per heavy atom. The largest absolute Gasteiger partial charge is 0.460 e. The van der Waals surface area contributed by atoms with Crippen LogP contribution in [0.4, 0.5) is 127 Å². The summed E-state index contributed by atoms with van der Waals surface area (Å²) in [5.74, 6) is -107. The molecule has 0 amide bonds. The molecule has 2 nitrogen and oxygen atoms in total. The Balaban J connectivity index is 7.76. The van der Waals surface area contributed by atoms with E-state index < -0.39 is 91.6 Å². The van der Waals surface area contributed by atoms with Gasteiger partial charge in [0.2, 0.25) is 0 Å². The zero-order chi connectivity index (χ0) is 39.5. The van der Waals surface area contributed by atoms with Crippen LogP contribution in [-0.4, -0.2) is 90.9 Å². The van der Waals surface area contributed by atoms with Crippen LogP contribution in [0.5, 0.6) is 0 Å². The molecule has 0 bridgehead atoms. The van der Waals surface area contributed by atoms with Gasteiger partial charge in [-0.15, -0.1) is 0 Å². The van der Waals surface area contributed by atoms with Crippen molar-refractivity contribution in [1.82, 2.24) is 0 Å². The smallest absolute Gasteiger partial charge is 0.208 e. The zero-order valence-electron chi connectivity index (χ0n) is 19.6. The van der Waals surface area contributed by atoms with E-state index in [1.807, 2.05) is 0 Å². The number of hydrogen-bond donors (Lipinski definition) is 0. The van der Waals surface area contributed by atoms with Gasteiger partial charge in [0.05, 0.1) is 0 Å². The van der Waals surface area contributed by atoms with Gasteiger partial charge in [0.1, 0.15) is 0 Å². The molecular weight excluding hydrogens is 819 g/mol. The van der Waals surface area contributed by atoms with Crippen LogP contribution in [0.15, 0.2) is 0 Å². The Hall–Kier alpha value is -1.79. The average Bonchev–Trinajstić information content (AvgIpc) is 2.79. The van der Waals surface area contributed by atoms with Crippen LogP contribution in [0.2, 0.25) is 0 Å². The van der Waals surface area contributed by atoms with E-state index in [4.69, 9.17) is 0 Å². The van der Waals surface area contributed by atoms with Gasteiger partial charge in [-0.2, -0.15) is 123 Å². The molecule has 0 heterocycles. The first-order valence-corrected chi connectivity index (χ1v) is 11.7. The Morgan fingerprint density at radius 3 is 0.532 bits per heavy atom. The molecule has 33 heteroatoms. The Morgan fingerprint density at radius 1 is 0.255 bits per heavy atom. The van der Waals surface area contributed by atoms with Crippen LogP contribution in [0, 0.1) is 0 Å². The van der Waals surface area contributed by atoms with Crippen LogP contribution in [0.3, 0.4) is 0 Å². The molecule has 0 aliphatic carbocycles. The predicted molar refractivity (Wildman–Crippen MR) is 85.1 cm³/mol. The summed E-state index contributed by atoms with van der Waals surface area (Å²) < 4.78 is 406. The van der Waals surface area contributed by atoms with Crippen molar-refractivity contribution in [2.75, 3.05) is 0 Å². The van der Waals surface area contributed by atoms with E-state index in [1.54, 1.807) is 0 Å². The normalized spacial score (nSPS) is 18.3. The molecule has 0 N–H and O–H groups in total. The lowest BCUT2D eigenvalue weighted by atomic mass is 9.84. The van der Waals surface area contributed by atoms with Gasteiger partial charge in [-0.25, -0.2) is 12.8 Å². The van der Waals surface area contributed by atoms with Gasteiger partial charge in [0.15, 0.2) is 0 Å². The molecule has 0 rings (SSSR count). The standard InChI is InChI=1S/C14ClF29O2S/c15-47(45,46)12(38,14(42,43)44)10(34,35)8(30,31)6(26,27)4(22,23)2(18,19)1(16,17)3(20,21)5(24,25)7(28,29)9(32,33)11(36,37)13(39,40)41. The monoisotopic (exact) mass is 818 g/mol. The molecule has 0 aliphatic rings. The van der Waals surface area contributed by atoms with Gasteiger partial charge in [0, 0.05) is 10.7 Å². The van der Waals surface area contributed by atoms with E-state index in [-0.39, 0.29) is 0 Å². The molecule has 0 saturated heterocycles. The van der Waals surface area contributed by atoms with E-state index in [1.165, 1.54) is 0 Å². The first kappa shape index (κ1) is 45.2. The highest BCUT2D eigenvalue weighted by Crippen LogP contribution is 2.69. The average molecular weight is 819 g/mol. The number of halogens is 30. The minimum absolute atomic E-state index is 3.42. The van der Waals surface area contributed by atoms with Crippen molar-refractivity contribution in [2.24, 2.45) is 0 Å². The summed E-state index contributed by atoms with van der Waals surface area (Å²) in [6.07, 6.45) is -16.7. The third-order valence-electron chi connectivity index (χ3n) is 5.40. The SMILES string of the molecule is O=S(=O)(Cl)C(F)(C(F)(F)F)C(F)(F)C(F)(F)C(F)(F)C(F)(F)C(F)(F)C(F)(F)C(F)(F)C(F)(F)C(F)(F)C(F)(F)C(F)(F)C(F)(F)F. The van der Waals surface area contributed by atoms with Crippen molar-refractivity contribution in [2.45, 2.75) is 82.5 Å². The van der Waals surface area contributed by atoms with Crippen molar-refractivity contribution >= 4 is 19.7 Å². The second-order valence-electron chi connectivity index (χ2n) is 8.35. The van der Waals surface area contributed by atoms with Gasteiger partial charge in [0.25, 0.3) is 9.05 Å². The minimum atomic E-state index is -10.1. The van der Waals surface area contributed by atoms with Crippen molar-refractivity contribution in [1.29, 1.82) is 0 Å². The molecule has 0 aromatic heterocycles. The molecule has 0 aromatic carbocycles. The van der Waals surface area contributed by atoms with E-state index in [0.717, 1.165) is 0 Å². The van der Waals surface area contributed by atoms with Gasteiger partial charge < -0.3 is 0 Å². The Labute approximate surface area is 239 Å². The lowest BCUT2D eigenvalue weighted by molar-refractivity contribution is -0.484. The second kappa shape index (κ2) is 10.6. The first-order chi connectivity index (χ1) is 19.5. The molecule has 1 atom stereocenters. The molecule has 0 aromatic rings. The third-order valence-corrected chi connectivity index (χ3v) is 7.20. The molecule has 0 saturated carbocycles. The summed E-state index contributed by atoms with van der Waals surface area (Å²) in [7, 11) is -4.99. The van der Waals surface area contributed by atoms with Gasteiger partial charge in [-0.3, -0.25) is 0 Å². The van der Waals surface area contributed by atoms with Crippen molar-refractivity contribution in [3.8, 4) is 0 Å². The summed E-state index contributed by atoms with van der Waals surface area (Å²) in [6.45, 7) is 0. The minimum Gasteiger partial charge on any atom is -0.208 e. The molecular formula is C14ClF29O2S. The zero-order valence-corrected chi connectivity index (χ0v) is 21.1. The molecule has 0 aliphatic heterocycles. The van der Waals surface area contributed by atoms with Crippen molar-refractivity contribution < 1.29 is 136 Å². The van der Waals surface area contributed by atoms with E-state index >= 15 is 0 Å².